The molecule has 0 radical (unpaired) electrons. The third-order valence-electron chi connectivity index (χ3n) is 2.98. The van der Waals surface area contributed by atoms with Crippen molar-refractivity contribution in [2.45, 2.75) is 47.0 Å². The number of Topliss-reactive ketones (excluding diaryl/α,β-unsaturated/α-hetero) is 1. The predicted molar refractivity (Wildman–Crippen MR) is 78.6 cm³/mol. The number of carbonyl (C=O) groups excluding carboxylic acids is 1. The first-order valence-electron chi connectivity index (χ1n) is 6.50. The van der Waals surface area contributed by atoms with Gasteiger partial charge in [0.2, 0.25) is 0 Å². The maximum Gasteiger partial charge on any atom is 0.337 e. The lowest BCUT2D eigenvalue weighted by Gasteiger charge is -2.24. The number of rotatable bonds is 9. The van der Waals surface area contributed by atoms with Crippen LogP contribution in [0.2, 0.25) is 0 Å². The fraction of sp³-hybridized carbons (Fsp3) is 0.786. The fourth-order valence-corrected chi connectivity index (χ4v) is 2.80. The molecule has 0 aliphatic heterocycles. The molecule has 0 aromatic carbocycles. The van der Waals surface area contributed by atoms with E-state index in [0.717, 1.165) is 12.8 Å². The second-order valence-electron chi connectivity index (χ2n) is 5.83. The molecule has 0 fully saturated rings. The van der Waals surface area contributed by atoms with Gasteiger partial charge in [-0.2, -0.15) is 0 Å². The highest BCUT2D eigenvalue weighted by Crippen LogP contribution is 2.46. The zero-order chi connectivity index (χ0) is 15.1. The zero-order valence-corrected chi connectivity index (χ0v) is 13.9. The molecule has 112 valence electrons. The first-order chi connectivity index (χ1) is 8.64. The SMILES string of the molecule is COP(=O)(CC(=O)CC(C)(C)CCC=C(C)C)OC. The molecule has 5 heteroatoms. The molecule has 0 saturated carbocycles. The molecule has 19 heavy (non-hydrogen) atoms. The van der Waals surface area contributed by atoms with Gasteiger partial charge in [0.1, 0.15) is 11.9 Å². The van der Waals surface area contributed by atoms with Gasteiger partial charge in [-0.3, -0.25) is 9.36 Å². The van der Waals surface area contributed by atoms with Crippen molar-refractivity contribution in [3.8, 4) is 0 Å². The van der Waals surface area contributed by atoms with Gasteiger partial charge in [0, 0.05) is 20.6 Å². The first kappa shape index (κ1) is 18.6. The van der Waals surface area contributed by atoms with Gasteiger partial charge in [0.05, 0.1) is 0 Å². The summed E-state index contributed by atoms with van der Waals surface area (Å²) in [6.45, 7) is 8.22. The van der Waals surface area contributed by atoms with E-state index in [-0.39, 0.29) is 17.4 Å². The average Bonchev–Trinajstić information content (AvgIpc) is 2.26. The number of carbonyl (C=O) groups is 1. The third-order valence-corrected chi connectivity index (χ3v) is 4.83. The van der Waals surface area contributed by atoms with E-state index in [1.807, 2.05) is 13.8 Å². The van der Waals surface area contributed by atoms with Gasteiger partial charge in [-0.15, -0.1) is 0 Å². The lowest BCUT2D eigenvalue weighted by molar-refractivity contribution is -0.118. The van der Waals surface area contributed by atoms with Crippen molar-refractivity contribution in [1.29, 1.82) is 0 Å². The summed E-state index contributed by atoms with van der Waals surface area (Å²) in [6, 6.07) is 0. The number of hydrogen-bond acceptors (Lipinski definition) is 4. The van der Waals surface area contributed by atoms with Crippen LogP contribution in [-0.4, -0.2) is 26.2 Å². The van der Waals surface area contributed by atoms with Crippen molar-refractivity contribution in [2.75, 3.05) is 20.4 Å². The Bertz CT molecular complexity index is 360. The summed E-state index contributed by atoms with van der Waals surface area (Å²) in [4.78, 5) is 11.9. The Morgan fingerprint density at radius 2 is 1.74 bits per heavy atom. The molecule has 0 aromatic heterocycles. The number of ketones is 1. The van der Waals surface area contributed by atoms with E-state index >= 15 is 0 Å². The monoisotopic (exact) mass is 290 g/mol. The Morgan fingerprint density at radius 3 is 2.16 bits per heavy atom. The van der Waals surface area contributed by atoms with Crippen molar-refractivity contribution >= 4 is 13.4 Å². The molecule has 0 aromatic rings. The van der Waals surface area contributed by atoms with Crippen LogP contribution >= 0.6 is 7.60 Å². The van der Waals surface area contributed by atoms with E-state index in [0.29, 0.717) is 6.42 Å². The van der Waals surface area contributed by atoms with Crippen LogP contribution in [0.1, 0.15) is 47.0 Å². The molecule has 0 aliphatic rings. The summed E-state index contributed by atoms with van der Waals surface area (Å²) in [6.07, 6.45) is 4.29. The van der Waals surface area contributed by atoms with E-state index in [1.54, 1.807) is 0 Å². The molecule has 0 rings (SSSR count). The average molecular weight is 290 g/mol. The van der Waals surface area contributed by atoms with Crippen molar-refractivity contribution in [1.82, 2.24) is 0 Å². The lowest BCUT2D eigenvalue weighted by atomic mass is 9.83. The zero-order valence-electron chi connectivity index (χ0n) is 13.0. The van der Waals surface area contributed by atoms with Crippen LogP contribution in [0.3, 0.4) is 0 Å². The van der Waals surface area contributed by atoms with Crippen molar-refractivity contribution < 1.29 is 18.4 Å². The maximum atomic E-state index is 11.9. The normalized spacial score (nSPS) is 12.3. The van der Waals surface area contributed by atoms with Gasteiger partial charge >= 0.3 is 7.60 Å². The molecule has 0 atom stereocenters. The largest absolute Gasteiger partial charge is 0.337 e. The van der Waals surface area contributed by atoms with E-state index < -0.39 is 7.60 Å². The molecule has 0 bridgehead atoms. The Kier molecular flexibility index (Phi) is 7.80. The van der Waals surface area contributed by atoms with Gasteiger partial charge in [0.25, 0.3) is 0 Å². The molecule has 0 N–H and O–H groups in total. The molecule has 0 unspecified atom stereocenters. The Labute approximate surface area is 117 Å². The molecular weight excluding hydrogens is 263 g/mol. The molecule has 4 nitrogen and oxygen atoms in total. The predicted octanol–water partition coefficient (Wildman–Crippen LogP) is 4.20. The van der Waals surface area contributed by atoms with E-state index in [1.165, 1.54) is 19.8 Å². The summed E-state index contributed by atoms with van der Waals surface area (Å²) in [5, 5.41) is 0. The van der Waals surface area contributed by atoms with Crippen molar-refractivity contribution in [3.05, 3.63) is 11.6 Å². The molecule has 0 amide bonds. The van der Waals surface area contributed by atoms with E-state index in [9.17, 15) is 9.36 Å². The first-order valence-corrected chi connectivity index (χ1v) is 8.22. The molecule has 0 spiro atoms. The smallest absolute Gasteiger partial charge is 0.312 e. The number of allylic oxidation sites excluding steroid dienone is 2. The topological polar surface area (TPSA) is 52.6 Å². The third kappa shape index (κ3) is 8.35. The van der Waals surface area contributed by atoms with E-state index in [2.05, 4.69) is 19.9 Å². The second-order valence-corrected chi connectivity index (χ2v) is 8.10. The Morgan fingerprint density at radius 1 is 1.21 bits per heavy atom. The highest BCUT2D eigenvalue weighted by molar-refractivity contribution is 7.54. The van der Waals surface area contributed by atoms with Crippen LogP contribution in [0.25, 0.3) is 0 Å². The van der Waals surface area contributed by atoms with Crippen molar-refractivity contribution in [3.63, 3.8) is 0 Å². The minimum absolute atomic E-state index is 0.0748. The Hall–Kier alpha value is -0.440. The highest BCUT2D eigenvalue weighted by Gasteiger charge is 2.29. The number of hydrogen-bond donors (Lipinski definition) is 0. The van der Waals surface area contributed by atoms with Crippen LogP contribution < -0.4 is 0 Å². The van der Waals surface area contributed by atoms with Gasteiger partial charge in [-0.05, 0) is 32.1 Å². The van der Waals surface area contributed by atoms with Gasteiger partial charge < -0.3 is 9.05 Å². The van der Waals surface area contributed by atoms with Crippen LogP contribution in [0, 0.1) is 5.41 Å². The summed E-state index contributed by atoms with van der Waals surface area (Å²) in [5.74, 6) is -0.0748. The van der Waals surface area contributed by atoms with Crippen LogP contribution in [0.4, 0.5) is 0 Å². The minimum Gasteiger partial charge on any atom is -0.312 e. The van der Waals surface area contributed by atoms with Crippen molar-refractivity contribution in [2.24, 2.45) is 5.41 Å². The summed E-state index contributed by atoms with van der Waals surface area (Å²) in [5.41, 5.74) is 1.18. The molecular formula is C14H27O4P. The summed E-state index contributed by atoms with van der Waals surface area (Å²) < 4.78 is 21.5. The second kappa shape index (κ2) is 7.98. The van der Waals surface area contributed by atoms with Gasteiger partial charge in [0.15, 0.2) is 0 Å². The van der Waals surface area contributed by atoms with E-state index in [4.69, 9.17) is 9.05 Å². The maximum absolute atomic E-state index is 11.9. The fourth-order valence-electron chi connectivity index (χ4n) is 1.85. The minimum atomic E-state index is -3.23. The highest BCUT2D eigenvalue weighted by atomic mass is 31.2. The van der Waals surface area contributed by atoms with Gasteiger partial charge in [-0.1, -0.05) is 25.5 Å². The van der Waals surface area contributed by atoms with Gasteiger partial charge in [-0.25, -0.2) is 0 Å². The standard InChI is InChI=1S/C14H27O4P/c1-12(2)8-7-9-14(3,4)10-13(15)11-19(16,17-5)18-6/h8H,7,9-11H2,1-6H3. The Balaban J connectivity index is 4.38. The van der Waals surface area contributed by atoms with Crippen LogP contribution in [-0.2, 0) is 18.4 Å². The summed E-state index contributed by atoms with van der Waals surface area (Å²) in [7, 11) is -0.620. The molecule has 0 saturated heterocycles. The van der Waals surface area contributed by atoms with Crippen LogP contribution in [0.15, 0.2) is 11.6 Å². The summed E-state index contributed by atoms with van der Waals surface area (Å²) >= 11 is 0. The quantitative estimate of drug-likeness (QED) is 0.471. The van der Waals surface area contributed by atoms with Crippen LogP contribution in [0.5, 0.6) is 0 Å². The molecule has 0 heterocycles. The lowest BCUT2D eigenvalue weighted by Crippen LogP contribution is -2.19. The molecule has 0 aliphatic carbocycles.